The smallest absolute Gasteiger partial charge is 0.224 e. The lowest BCUT2D eigenvalue weighted by molar-refractivity contribution is 0.991. The minimum atomic E-state index is 0.620. The fourth-order valence-electron chi connectivity index (χ4n) is 2.57. The van der Waals surface area contributed by atoms with E-state index in [0.29, 0.717) is 12.5 Å². The first kappa shape index (κ1) is 17.2. The van der Waals surface area contributed by atoms with Crippen LogP contribution in [0.5, 0.6) is 0 Å². The molecule has 3 aromatic rings. The number of aryl methyl sites for hydroxylation is 1. The summed E-state index contributed by atoms with van der Waals surface area (Å²) >= 11 is 6.01. The van der Waals surface area contributed by atoms with Gasteiger partial charge >= 0.3 is 0 Å². The molecule has 2 aromatic carbocycles. The van der Waals surface area contributed by atoms with E-state index in [1.165, 1.54) is 16.7 Å². The predicted octanol–water partition coefficient (Wildman–Crippen LogP) is 4.71. The second kappa shape index (κ2) is 8.49. The third kappa shape index (κ3) is 5.47. The van der Waals surface area contributed by atoms with Crippen molar-refractivity contribution in [3.05, 3.63) is 82.5 Å². The Hall–Kier alpha value is -2.59. The van der Waals surface area contributed by atoms with Crippen LogP contribution < -0.4 is 10.6 Å². The van der Waals surface area contributed by atoms with Crippen molar-refractivity contribution in [2.24, 2.45) is 0 Å². The molecule has 0 radical (unpaired) electrons. The van der Waals surface area contributed by atoms with Gasteiger partial charge in [0, 0.05) is 24.3 Å². The molecule has 0 aliphatic carbocycles. The first-order valence-corrected chi connectivity index (χ1v) is 8.67. The largest absolute Gasteiger partial charge is 0.370 e. The Morgan fingerprint density at radius 1 is 0.960 bits per heavy atom. The Bertz CT molecular complexity index is 835. The van der Waals surface area contributed by atoms with Gasteiger partial charge in [-0.05, 0) is 42.7 Å². The molecule has 0 aliphatic rings. The number of nitrogens with zero attached hydrogens (tertiary/aromatic N) is 2. The molecule has 0 unspecified atom stereocenters. The topological polar surface area (TPSA) is 49.8 Å². The van der Waals surface area contributed by atoms with Crippen LogP contribution in [0.1, 0.15) is 16.7 Å². The molecule has 0 saturated heterocycles. The standard InChI is InChI=1S/C20H21ClN4/c1-15-4-2-6-17(12-15)14-24-20-23-11-9-19(25-20)22-10-8-16-5-3-7-18(21)13-16/h2-7,9,11-13H,8,10,14H2,1H3,(H2,22,23,24,25). The minimum Gasteiger partial charge on any atom is -0.370 e. The van der Waals surface area contributed by atoms with Gasteiger partial charge in [-0.3, -0.25) is 0 Å². The normalized spacial score (nSPS) is 10.5. The van der Waals surface area contributed by atoms with Crippen LogP contribution in [-0.2, 0) is 13.0 Å². The molecule has 3 rings (SSSR count). The Labute approximate surface area is 153 Å². The zero-order valence-corrected chi connectivity index (χ0v) is 14.9. The molecule has 0 aliphatic heterocycles. The van der Waals surface area contributed by atoms with Gasteiger partial charge in [-0.15, -0.1) is 0 Å². The van der Waals surface area contributed by atoms with Crippen LogP contribution in [0, 0.1) is 6.92 Å². The van der Waals surface area contributed by atoms with Gasteiger partial charge in [-0.1, -0.05) is 53.6 Å². The van der Waals surface area contributed by atoms with Crippen molar-refractivity contribution >= 4 is 23.4 Å². The molecule has 4 nitrogen and oxygen atoms in total. The molecule has 25 heavy (non-hydrogen) atoms. The summed E-state index contributed by atoms with van der Waals surface area (Å²) in [5.41, 5.74) is 3.66. The number of hydrogen-bond acceptors (Lipinski definition) is 4. The molecule has 0 bridgehead atoms. The fourth-order valence-corrected chi connectivity index (χ4v) is 2.79. The highest BCUT2D eigenvalue weighted by Gasteiger charge is 2.01. The Kier molecular flexibility index (Phi) is 5.86. The van der Waals surface area contributed by atoms with Gasteiger partial charge in [-0.2, -0.15) is 4.98 Å². The van der Waals surface area contributed by atoms with E-state index in [2.05, 4.69) is 57.9 Å². The predicted molar refractivity (Wildman–Crippen MR) is 104 cm³/mol. The van der Waals surface area contributed by atoms with E-state index >= 15 is 0 Å². The number of benzene rings is 2. The van der Waals surface area contributed by atoms with Crippen LogP contribution in [0.2, 0.25) is 5.02 Å². The van der Waals surface area contributed by atoms with E-state index in [-0.39, 0.29) is 0 Å². The lowest BCUT2D eigenvalue weighted by atomic mass is 10.1. The minimum absolute atomic E-state index is 0.620. The van der Waals surface area contributed by atoms with Crippen molar-refractivity contribution in [2.75, 3.05) is 17.2 Å². The molecule has 1 heterocycles. The molecule has 5 heteroatoms. The van der Waals surface area contributed by atoms with Crippen LogP contribution in [0.4, 0.5) is 11.8 Å². The van der Waals surface area contributed by atoms with Gasteiger partial charge in [0.25, 0.3) is 0 Å². The van der Waals surface area contributed by atoms with E-state index in [1.54, 1.807) is 6.20 Å². The summed E-state index contributed by atoms with van der Waals surface area (Å²) in [6.07, 6.45) is 2.64. The Morgan fingerprint density at radius 2 is 1.80 bits per heavy atom. The zero-order chi connectivity index (χ0) is 17.5. The maximum absolute atomic E-state index is 6.01. The number of hydrogen-bond donors (Lipinski definition) is 2. The van der Waals surface area contributed by atoms with Gasteiger partial charge in [0.2, 0.25) is 5.95 Å². The van der Waals surface area contributed by atoms with Gasteiger partial charge < -0.3 is 10.6 Å². The van der Waals surface area contributed by atoms with Crippen molar-refractivity contribution in [2.45, 2.75) is 19.9 Å². The lowest BCUT2D eigenvalue weighted by Crippen LogP contribution is -2.09. The number of anilines is 2. The van der Waals surface area contributed by atoms with E-state index in [9.17, 15) is 0 Å². The van der Waals surface area contributed by atoms with Crippen LogP contribution in [-0.4, -0.2) is 16.5 Å². The highest BCUT2D eigenvalue weighted by atomic mass is 35.5. The van der Waals surface area contributed by atoms with Gasteiger partial charge in [0.15, 0.2) is 0 Å². The second-order valence-corrected chi connectivity index (χ2v) is 6.35. The zero-order valence-electron chi connectivity index (χ0n) is 14.2. The molecular formula is C20H21ClN4. The van der Waals surface area contributed by atoms with Gasteiger partial charge in [0.1, 0.15) is 5.82 Å². The van der Waals surface area contributed by atoms with E-state index < -0.39 is 0 Å². The van der Waals surface area contributed by atoms with E-state index in [1.807, 2.05) is 24.3 Å². The highest BCUT2D eigenvalue weighted by molar-refractivity contribution is 6.30. The summed E-state index contributed by atoms with van der Waals surface area (Å²) in [6.45, 7) is 3.58. The summed E-state index contributed by atoms with van der Waals surface area (Å²) in [5, 5.41) is 7.36. The quantitative estimate of drug-likeness (QED) is 0.646. The highest BCUT2D eigenvalue weighted by Crippen LogP contribution is 2.12. The summed E-state index contributed by atoms with van der Waals surface area (Å²) < 4.78 is 0. The lowest BCUT2D eigenvalue weighted by Gasteiger charge is -2.09. The monoisotopic (exact) mass is 352 g/mol. The molecule has 1 aromatic heterocycles. The molecule has 0 spiro atoms. The average molecular weight is 353 g/mol. The molecule has 0 atom stereocenters. The summed E-state index contributed by atoms with van der Waals surface area (Å²) in [5.74, 6) is 1.43. The molecule has 0 saturated carbocycles. The molecule has 2 N–H and O–H groups in total. The van der Waals surface area contributed by atoms with Crippen molar-refractivity contribution in [3.63, 3.8) is 0 Å². The van der Waals surface area contributed by atoms with E-state index in [4.69, 9.17) is 11.6 Å². The summed E-state index contributed by atoms with van der Waals surface area (Å²) in [7, 11) is 0. The van der Waals surface area contributed by atoms with Crippen LogP contribution >= 0.6 is 11.6 Å². The molecule has 128 valence electrons. The first-order chi connectivity index (χ1) is 12.2. The number of halogens is 1. The first-order valence-electron chi connectivity index (χ1n) is 8.30. The molecule has 0 fully saturated rings. The maximum Gasteiger partial charge on any atom is 0.224 e. The molecular weight excluding hydrogens is 332 g/mol. The number of rotatable bonds is 7. The van der Waals surface area contributed by atoms with Crippen molar-refractivity contribution in [1.82, 2.24) is 9.97 Å². The van der Waals surface area contributed by atoms with Crippen molar-refractivity contribution in [1.29, 1.82) is 0 Å². The Balaban J connectivity index is 1.52. The maximum atomic E-state index is 6.01. The Morgan fingerprint density at radius 3 is 2.64 bits per heavy atom. The number of aromatic nitrogens is 2. The van der Waals surface area contributed by atoms with Gasteiger partial charge in [-0.25, -0.2) is 4.98 Å². The third-order valence-electron chi connectivity index (χ3n) is 3.80. The van der Waals surface area contributed by atoms with Crippen molar-refractivity contribution < 1.29 is 0 Å². The summed E-state index contributed by atoms with van der Waals surface area (Å²) in [6, 6.07) is 18.2. The van der Waals surface area contributed by atoms with Crippen LogP contribution in [0.3, 0.4) is 0 Å². The average Bonchev–Trinajstić information content (AvgIpc) is 2.61. The van der Waals surface area contributed by atoms with Gasteiger partial charge in [0.05, 0.1) is 0 Å². The van der Waals surface area contributed by atoms with Crippen LogP contribution in [0.15, 0.2) is 60.8 Å². The molecule has 0 amide bonds. The number of nitrogens with one attached hydrogen (secondary N) is 2. The van der Waals surface area contributed by atoms with Crippen molar-refractivity contribution in [3.8, 4) is 0 Å². The summed E-state index contributed by atoms with van der Waals surface area (Å²) in [4.78, 5) is 8.77. The second-order valence-electron chi connectivity index (χ2n) is 5.91. The van der Waals surface area contributed by atoms with Crippen LogP contribution in [0.25, 0.3) is 0 Å². The fraction of sp³-hybridized carbons (Fsp3) is 0.200. The SMILES string of the molecule is Cc1cccc(CNc2nccc(NCCc3cccc(Cl)c3)n2)c1. The third-order valence-corrected chi connectivity index (χ3v) is 4.03. The van der Waals surface area contributed by atoms with E-state index in [0.717, 1.165) is 23.8 Å².